The molecule has 1 saturated heterocycles. The summed E-state index contributed by atoms with van der Waals surface area (Å²) in [5.74, 6) is 2.31. The van der Waals surface area contributed by atoms with Gasteiger partial charge < -0.3 is 29.2 Å². The van der Waals surface area contributed by atoms with Crippen LogP contribution in [0.5, 0.6) is 23.0 Å². The largest absolute Gasteiger partial charge is 0.497 e. The number of likely N-dealkylation sites (tertiary alicyclic amines) is 1. The molecule has 0 bridgehead atoms. The van der Waals surface area contributed by atoms with E-state index in [0.717, 1.165) is 24.4 Å². The Bertz CT molecular complexity index is 1640. The molecule has 1 fully saturated rings. The van der Waals surface area contributed by atoms with Gasteiger partial charge in [-0.1, -0.05) is 12.5 Å². The Labute approximate surface area is 275 Å². The van der Waals surface area contributed by atoms with Crippen LogP contribution in [-0.2, 0) is 6.54 Å². The Hall–Kier alpha value is -4.90. The van der Waals surface area contributed by atoms with Crippen molar-refractivity contribution in [1.29, 1.82) is 0 Å². The fourth-order valence-corrected chi connectivity index (χ4v) is 5.63. The quantitative estimate of drug-likeness (QED) is 0.149. The fourth-order valence-electron chi connectivity index (χ4n) is 5.63. The summed E-state index contributed by atoms with van der Waals surface area (Å²) in [5, 5.41) is 3.22. The summed E-state index contributed by atoms with van der Waals surface area (Å²) >= 11 is 0. The SMILES string of the molecule is COc1ccc(OC)c(CN(C(=O)Oc2c(C)cc(F)cc2C)c2ccnc(Nc3cccc(OCCCN4CCCCC4)c3)n2)c1. The van der Waals surface area contributed by atoms with E-state index in [9.17, 15) is 9.18 Å². The summed E-state index contributed by atoms with van der Waals surface area (Å²) in [7, 11) is 3.12. The van der Waals surface area contributed by atoms with Crippen LogP contribution in [0.2, 0.25) is 0 Å². The maximum absolute atomic E-state index is 14.0. The predicted octanol–water partition coefficient (Wildman–Crippen LogP) is 7.45. The molecule has 1 aromatic heterocycles. The molecule has 47 heavy (non-hydrogen) atoms. The number of anilines is 3. The molecular weight excluding hydrogens is 601 g/mol. The van der Waals surface area contributed by atoms with Gasteiger partial charge in [-0.15, -0.1) is 0 Å². The molecule has 1 N–H and O–H groups in total. The van der Waals surface area contributed by atoms with Crippen molar-refractivity contribution in [2.24, 2.45) is 0 Å². The molecule has 11 heteroatoms. The smallest absolute Gasteiger partial charge is 0.421 e. The first-order valence-corrected chi connectivity index (χ1v) is 15.8. The second kappa shape index (κ2) is 16.1. The van der Waals surface area contributed by atoms with Gasteiger partial charge in [0.1, 0.15) is 34.6 Å². The highest BCUT2D eigenvalue weighted by atomic mass is 19.1. The number of nitrogens with zero attached hydrogens (tertiary/aromatic N) is 4. The van der Waals surface area contributed by atoms with Crippen LogP contribution in [-0.4, -0.2) is 61.4 Å². The molecule has 1 amide bonds. The van der Waals surface area contributed by atoms with Crippen molar-refractivity contribution in [2.75, 3.05) is 50.7 Å². The first-order chi connectivity index (χ1) is 22.8. The molecule has 4 aromatic rings. The van der Waals surface area contributed by atoms with Gasteiger partial charge in [0.25, 0.3) is 0 Å². The predicted molar refractivity (Wildman–Crippen MR) is 180 cm³/mol. The van der Waals surface area contributed by atoms with E-state index < -0.39 is 11.9 Å². The van der Waals surface area contributed by atoms with E-state index in [-0.39, 0.29) is 24.1 Å². The van der Waals surface area contributed by atoms with Gasteiger partial charge in [-0.3, -0.25) is 4.90 Å². The molecule has 0 spiro atoms. The normalized spacial score (nSPS) is 13.1. The average Bonchev–Trinajstić information content (AvgIpc) is 3.07. The van der Waals surface area contributed by atoms with Crippen molar-refractivity contribution in [2.45, 2.75) is 46.1 Å². The van der Waals surface area contributed by atoms with Crippen LogP contribution in [0, 0.1) is 19.7 Å². The van der Waals surface area contributed by atoms with Crippen molar-refractivity contribution >= 4 is 23.5 Å². The third kappa shape index (κ3) is 9.10. The average molecular weight is 644 g/mol. The highest BCUT2D eigenvalue weighted by molar-refractivity contribution is 5.88. The second-order valence-electron chi connectivity index (χ2n) is 11.5. The van der Waals surface area contributed by atoms with E-state index in [1.165, 1.54) is 49.4 Å². The zero-order valence-electron chi connectivity index (χ0n) is 27.4. The number of hydrogen-bond donors (Lipinski definition) is 1. The van der Waals surface area contributed by atoms with Crippen LogP contribution in [0.1, 0.15) is 42.4 Å². The van der Waals surface area contributed by atoms with Crippen LogP contribution in [0.3, 0.4) is 0 Å². The number of hydrogen-bond acceptors (Lipinski definition) is 9. The van der Waals surface area contributed by atoms with Crippen LogP contribution < -0.4 is 29.2 Å². The zero-order chi connectivity index (χ0) is 33.2. The standard InChI is InChI=1S/C36H42FN5O5/c1-25-20-28(37)21-26(2)34(25)47-36(43)42(24-27-22-30(44-3)12-13-32(27)45-4)33-14-15-38-35(40-33)39-29-10-8-11-31(23-29)46-19-9-18-41-16-6-5-7-17-41/h8,10-15,20-23H,5-7,9,16-19,24H2,1-4H3,(H,38,39,40). The van der Waals surface area contributed by atoms with Crippen LogP contribution in [0.15, 0.2) is 66.9 Å². The van der Waals surface area contributed by atoms with Gasteiger partial charge in [0.15, 0.2) is 0 Å². The topological polar surface area (TPSA) is 98.3 Å². The molecule has 0 aliphatic carbocycles. The number of benzene rings is 3. The zero-order valence-corrected chi connectivity index (χ0v) is 27.4. The van der Waals surface area contributed by atoms with Gasteiger partial charge in [0.05, 0.1) is 27.4 Å². The number of amides is 1. The number of aryl methyl sites for hydroxylation is 2. The van der Waals surface area contributed by atoms with Gasteiger partial charge >= 0.3 is 6.09 Å². The molecule has 248 valence electrons. The Morgan fingerprint density at radius 2 is 1.74 bits per heavy atom. The maximum Gasteiger partial charge on any atom is 0.421 e. The number of ether oxygens (including phenoxy) is 4. The minimum absolute atomic E-state index is 0.0374. The lowest BCUT2D eigenvalue weighted by atomic mass is 10.1. The summed E-state index contributed by atoms with van der Waals surface area (Å²) in [6.45, 7) is 7.43. The van der Waals surface area contributed by atoms with E-state index in [4.69, 9.17) is 18.9 Å². The lowest BCUT2D eigenvalue weighted by molar-refractivity contribution is 0.205. The Kier molecular flexibility index (Phi) is 11.5. The number of carbonyl (C=O) groups excluding carboxylic acids is 1. The first-order valence-electron chi connectivity index (χ1n) is 15.8. The van der Waals surface area contributed by atoms with Crippen molar-refractivity contribution < 1.29 is 28.1 Å². The van der Waals surface area contributed by atoms with Crippen molar-refractivity contribution in [3.8, 4) is 23.0 Å². The molecular formula is C36H42FN5O5. The van der Waals surface area contributed by atoms with Crippen molar-refractivity contribution in [1.82, 2.24) is 14.9 Å². The summed E-state index contributed by atoms with van der Waals surface area (Å²) in [6.07, 6.45) is 5.69. The number of nitrogens with one attached hydrogen (secondary N) is 1. The van der Waals surface area contributed by atoms with Gasteiger partial charge in [-0.25, -0.2) is 14.2 Å². The minimum Gasteiger partial charge on any atom is -0.497 e. The highest BCUT2D eigenvalue weighted by Gasteiger charge is 2.24. The molecule has 0 radical (unpaired) electrons. The molecule has 0 unspecified atom stereocenters. The summed E-state index contributed by atoms with van der Waals surface area (Å²) in [6, 6.07) is 17.2. The molecule has 0 atom stereocenters. The monoisotopic (exact) mass is 643 g/mol. The number of aromatic nitrogens is 2. The number of carbonyl (C=O) groups is 1. The first kappa shape index (κ1) is 33.5. The molecule has 1 aliphatic heterocycles. The Morgan fingerprint density at radius 3 is 2.49 bits per heavy atom. The van der Waals surface area contributed by atoms with E-state index in [2.05, 4.69) is 20.2 Å². The maximum atomic E-state index is 14.0. The number of piperidine rings is 1. The lowest BCUT2D eigenvalue weighted by Crippen LogP contribution is -2.34. The fraction of sp³-hybridized carbons (Fsp3) is 0.361. The number of methoxy groups -OCH3 is 2. The molecule has 0 saturated carbocycles. The Balaban J connectivity index is 1.35. The highest BCUT2D eigenvalue weighted by Crippen LogP contribution is 2.30. The molecule has 10 nitrogen and oxygen atoms in total. The van der Waals surface area contributed by atoms with Gasteiger partial charge in [-0.05, 0) is 106 Å². The van der Waals surface area contributed by atoms with Gasteiger partial charge in [0.2, 0.25) is 5.95 Å². The van der Waals surface area contributed by atoms with Crippen LogP contribution >= 0.6 is 0 Å². The summed E-state index contributed by atoms with van der Waals surface area (Å²) < 4.78 is 36.9. The van der Waals surface area contributed by atoms with Crippen LogP contribution in [0.25, 0.3) is 0 Å². The lowest BCUT2D eigenvalue weighted by Gasteiger charge is -2.26. The third-order valence-corrected chi connectivity index (χ3v) is 7.99. The summed E-state index contributed by atoms with van der Waals surface area (Å²) in [5.41, 5.74) is 2.38. The van der Waals surface area contributed by atoms with Crippen LogP contribution in [0.4, 0.5) is 26.6 Å². The second-order valence-corrected chi connectivity index (χ2v) is 11.5. The van der Waals surface area contributed by atoms with E-state index in [1.807, 2.05) is 24.3 Å². The van der Waals surface area contributed by atoms with E-state index in [1.54, 1.807) is 58.5 Å². The third-order valence-electron chi connectivity index (χ3n) is 7.99. The van der Waals surface area contributed by atoms with Crippen molar-refractivity contribution in [3.63, 3.8) is 0 Å². The molecule has 2 heterocycles. The van der Waals surface area contributed by atoms with Crippen molar-refractivity contribution in [3.05, 3.63) is 89.4 Å². The van der Waals surface area contributed by atoms with Gasteiger partial charge in [-0.2, -0.15) is 4.98 Å². The van der Waals surface area contributed by atoms with E-state index in [0.29, 0.717) is 34.8 Å². The Morgan fingerprint density at radius 1 is 0.957 bits per heavy atom. The van der Waals surface area contributed by atoms with Gasteiger partial charge in [0, 0.05) is 30.1 Å². The molecule has 5 rings (SSSR count). The number of rotatable bonds is 13. The minimum atomic E-state index is -0.711. The van der Waals surface area contributed by atoms with E-state index >= 15 is 0 Å². The summed E-state index contributed by atoms with van der Waals surface area (Å²) in [4.78, 5) is 26.8. The number of halogens is 1. The molecule has 1 aliphatic rings. The molecule has 3 aromatic carbocycles.